The van der Waals surface area contributed by atoms with Crippen molar-refractivity contribution < 1.29 is 14.3 Å². The fraction of sp³-hybridized carbons (Fsp3) is 0.556. The van der Waals surface area contributed by atoms with E-state index in [4.69, 9.17) is 4.74 Å². The van der Waals surface area contributed by atoms with Crippen molar-refractivity contribution in [3.8, 4) is 0 Å². The summed E-state index contributed by atoms with van der Waals surface area (Å²) < 4.78 is 6.06. The zero-order chi connectivity index (χ0) is 17.7. The van der Waals surface area contributed by atoms with Gasteiger partial charge in [0.1, 0.15) is 5.60 Å². The Kier molecular flexibility index (Phi) is 6.27. The molecule has 1 aliphatic heterocycles. The van der Waals surface area contributed by atoms with Gasteiger partial charge in [0, 0.05) is 24.1 Å². The van der Waals surface area contributed by atoms with E-state index in [9.17, 15) is 9.59 Å². The Labute approximate surface area is 151 Å². The molecule has 0 bridgehead atoms. The maximum atomic E-state index is 12.6. The Balaban J connectivity index is 1.78. The van der Waals surface area contributed by atoms with Crippen molar-refractivity contribution in [3.63, 3.8) is 0 Å². The van der Waals surface area contributed by atoms with E-state index in [2.05, 4.69) is 21.2 Å². The average Bonchev–Trinajstić information content (AvgIpc) is 2.52. The molecule has 1 heterocycles. The molecule has 2 amide bonds. The highest BCUT2D eigenvalue weighted by Crippen LogP contribution is 2.22. The van der Waals surface area contributed by atoms with Gasteiger partial charge >= 0.3 is 6.09 Å². The summed E-state index contributed by atoms with van der Waals surface area (Å²) in [6, 6.07) is 7.48. The molecule has 0 spiro atoms. The molecule has 1 fully saturated rings. The molecule has 6 heteroatoms. The van der Waals surface area contributed by atoms with Crippen LogP contribution in [0.25, 0.3) is 0 Å². The highest BCUT2D eigenvalue weighted by atomic mass is 79.9. The SMILES string of the molecule is CC(C)(C)OC(=O)NCC1CCN(C(=O)c2ccccc2Br)CC1. The van der Waals surface area contributed by atoms with E-state index >= 15 is 0 Å². The molecule has 0 saturated carbocycles. The lowest BCUT2D eigenvalue weighted by atomic mass is 9.96. The Morgan fingerprint density at radius 2 is 1.88 bits per heavy atom. The van der Waals surface area contributed by atoms with Gasteiger partial charge in [0.05, 0.1) is 5.56 Å². The fourth-order valence-electron chi connectivity index (χ4n) is 2.69. The number of likely N-dealkylation sites (tertiary alicyclic amines) is 1. The van der Waals surface area contributed by atoms with E-state index in [0.717, 1.165) is 17.3 Å². The fourth-order valence-corrected chi connectivity index (χ4v) is 3.14. The van der Waals surface area contributed by atoms with Crippen LogP contribution in [0.4, 0.5) is 4.79 Å². The molecule has 0 aromatic heterocycles. The lowest BCUT2D eigenvalue weighted by molar-refractivity contribution is 0.0500. The van der Waals surface area contributed by atoms with E-state index in [1.165, 1.54) is 0 Å². The molecule has 24 heavy (non-hydrogen) atoms. The maximum Gasteiger partial charge on any atom is 0.407 e. The molecule has 2 rings (SSSR count). The van der Waals surface area contributed by atoms with Gasteiger partial charge in [-0.3, -0.25) is 4.79 Å². The van der Waals surface area contributed by atoms with Crippen LogP contribution in [0.3, 0.4) is 0 Å². The van der Waals surface area contributed by atoms with Crippen LogP contribution in [0.5, 0.6) is 0 Å². The molecule has 0 unspecified atom stereocenters. The van der Waals surface area contributed by atoms with Gasteiger partial charge in [0.15, 0.2) is 0 Å². The lowest BCUT2D eigenvalue weighted by Gasteiger charge is -2.32. The van der Waals surface area contributed by atoms with Crippen LogP contribution >= 0.6 is 15.9 Å². The van der Waals surface area contributed by atoms with E-state index in [1.807, 2.05) is 49.9 Å². The number of carbonyl (C=O) groups excluding carboxylic acids is 2. The zero-order valence-corrected chi connectivity index (χ0v) is 16.1. The summed E-state index contributed by atoms with van der Waals surface area (Å²) in [5.41, 5.74) is 0.214. The number of piperidine rings is 1. The summed E-state index contributed by atoms with van der Waals surface area (Å²) in [6.45, 7) is 7.54. The number of nitrogens with zero attached hydrogens (tertiary/aromatic N) is 1. The van der Waals surface area contributed by atoms with Crippen LogP contribution in [0.15, 0.2) is 28.7 Å². The number of halogens is 1. The molecular weight excluding hydrogens is 372 g/mol. The summed E-state index contributed by atoms with van der Waals surface area (Å²) in [5, 5.41) is 2.82. The van der Waals surface area contributed by atoms with Crippen LogP contribution in [0, 0.1) is 5.92 Å². The third-order valence-electron chi connectivity index (χ3n) is 3.94. The summed E-state index contributed by atoms with van der Waals surface area (Å²) in [7, 11) is 0. The first-order valence-corrected chi connectivity index (χ1v) is 9.06. The summed E-state index contributed by atoms with van der Waals surface area (Å²) in [4.78, 5) is 26.1. The highest BCUT2D eigenvalue weighted by molar-refractivity contribution is 9.10. The van der Waals surface area contributed by atoms with Crippen LogP contribution in [-0.2, 0) is 4.74 Å². The smallest absolute Gasteiger partial charge is 0.407 e. The van der Waals surface area contributed by atoms with Crippen molar-refractivity contribution in [2.75, 3.05) is 19.6 Å². The maximum absolute atomic E-state index is 12.6. The van der Waals surface area contributed by atoms with Crippen molar-refractivity contribution in [1.29, 1.82) is 0 Å². The Bertz CT molecular complexity index is 590. The summed E-state index contributed by atoms with van der Waals surface area (Å²) in [6.07, 6.45) is 1.38. The Hall–Kier alpha value is -1.56. The molecule has 1 saturated heterocycles. The third-order valence-corrected chi connectivity index (χ3v) is 4.63. The van der Waals surface area contributed by atoms with Gasteiger partial charge in [0.2, 0.25) is 0 Å². The van der Waals surface area contributed by atoms with Crippen LogP contribution in [-0.4, -0.2) is 42.1 Å². The summed E-state index contributed by atoms with van der Waals surface area (Å²) in [5.74, 6) is 0.432. The second-order valence-electron chi connectivity index (χ2n) is 7.10. The van der Waals surface area contributed by atoms with Gasteiger partial charge in [-0.05, 0) is 67.6 Å². The first-order chi connectivity index (χ1) is 11.3. The van der Waals surface area contributed by atoms with Crippen molar-refractivity contribution in [2.45, 2.75) is 39.2 Å². The molecule has 1 N–H and O–H groups in total. The second kappa shape index (κ2) is 8.01. The summed E-state index contributed by atoms with van der Waals surface area (Å²) >= 11 is 3.43. The first kappa shape index (κ1) is 18.8. The molecule has 0 aliphatic carbocycles. The van der Waals surface area contributed by atoms with Crippen LogP contribution < -0.4 is 5.32 Å². The van der Waals surface area contributed by atoms with Crippen LogP contribution in [0.1, 0.15) is 44.0 Å². The predicted molar refractivity (Wildman–Crippen MR) is 97.0 cm³/mol. The largest absolute Gasteiger partial charge is 0.444 e. The van der Waals surface area contributed by atoms with Crippen molar-refractivity contribution >= 4 is 27.9 Å². The molecular formula is C18H25BrN2O3. The third kappa shape index (κ3) is 5.51. The Morgan fingerprint density at radius 3 is 2.46 bits per heavy atom. The topological polar surface area (TPSA) is 58.6 Å². The number of hydrogen-bond donors (Lipinski definition) is 1. The number of carbonyl (C=O) groups is 2. The van der Waals surface area contributed by atoms with Gasteiger partial charge in [-0.1, -0.05) is 12.1 Å². The number of ether oxygens (including phenoxy) is 1. The number of amides is 2. The second-order valence-corrected chi connectivity index (χ2v) is 7.95. The van der Waals surface area contributed by atoms with E-state index in [0.29, 0.717) is 31.1 Å². The predicted octanol–water partition coefficient (Wildman–Crippen LogP) is 3.83. The molecule has 5 nitrogen and oxygen atoms in total. The number of nitrogens with one attached hydrogen (secondary N) is 1. The highest BCUT2D eigenvalue weighted by Gasteiger charge is 2.25. The van der Waals surface area contributed by atoms with Gasteiger partial charge < -0.3 is 15.0 Å². The standard InChI is InChI=1S/C18H25BrN2O3/c1-18(2,3)24-17(23)20-12-13-8-10-21(11-9-13)16(22)14-6-4-5-7-15(14)19/h4-7,13H,8-12H2,1-3H3,(H,20,23). The quantitative estimate of drug-likeness (QED) is 0.844. The first-order valence-electron chi connectivity index (χ1n) is 8.27. The van der Waals surface area contributed by atoms with Gasteiger partial charge in [-0.25, -0.2) is 4.79 Å². The number of benzene rings is 1. The van der Waals surface area contributed by atoms with Crippen molar-refractivity contribution in [3.05, 3.63) is 34.3 Å². The molecule has 132 valence electrons. The van der Waals surface area contributed by atoms with E-state index in [-0.39, 0.29) is 12.0 Å². The lowest BCUT2D eigenvalue weighted by Crippen LogP contribution is -2.42. The van der Waals surface area contributed by atoms with Gasteiger partial charge in [0.25, 0.3) is 5.91 Å². The van der Waals surface area contributed by atoms with Gasteiger partial charge in [-0.2, -0.15) is 0 Å². The van der Waals surface area contributed by atoms with Crippen molar-refractivity contribution in [2.24, 2.45) is 5.92 Å². The number of alkyl carbamates (subject to hydrolysis) is 1. The minimum absolute atomic E-state index is 0.0565. The van der Waals surface area contributed by atoms with E-state index in [1.54, 1.807) is 0 Å². The monoisotopic (exact) mass is 396 g/mol. The number of rotatable bonds is 3. The average molecular weight is 397 g/mol. The number of hydrogen-bond acceptors (Lipinski definition) is 3. The molecule has 1 aromatic carbocycles. The normalized spacial score (nSPS) is 15.9. The molecule has 0 atom stereocenters. The Morgan fingerprint density at radius 1 is 1.25 bits per heavy atom. The zero-order valence-electron chi connectivity index (χ0n) is 14.5. The van der Waals surface area contributed by atoms with Crippen LogP contribution in [0.2, 0.25) is 0 Å². The van der Waals surface area contributed by atoms with E-state index < -0.39 is 5.60 Å². The van der Waals surface area contributed by atoms with Crippen molar-refractivity contribution in [1.82, 2.24) is 10.2 Å². The molecule has 0 radical (unpaired) electrons. The minimum Gasteiger partial charge on any atom is -0.444 e. The molecule has 1 aromatic rings. The minimum atomic E-state index is -0.483. The molecule has 1 aliphatic rings. The van der Waals surface area contributed by atoms with Gasteiger partial charge in [-0.15, -0.1) is 0 Å².